The number of nitrogens with zero attached hydrogens (tertiary/aromatic N) is 2. The molecule has 1 aromatic heterocycles. The highest BCUT2D eigenvalue weighted by molar-refractivity contribution is 9.10. The molecular formula is C14H13BrN4O. The van der Waals surface area contributed by atoms with Crippen LogP contribution >= 0.6 is 15.9 Å². The molecular weight excluding hydrogens is 320 g/mol. The van der Waals surface area contributed by atoms with Crippen molar-refractivity contribution < 1.29 is 4.79 Å². The molecule has 0 radical (unpaired) electrons. The Morgan fingerprint density at radius 2 is 1.85 bits per heavy atom. The zero-order chi connectivity index (χ0) is 13.9. The predicted octanol–water partition coefficient (Wildman–Crippen LogP) is 2.87. The van der Waals surface area contributed by atoms with Crippen LogP contribution in [-0.2, 0) is 0 Å². The Morgan fingerprint density at radius 3 is 2.45 bits per heavy atom. The predicted molar refractivity (Wildman–Crippen MR) is 79.9 cm³/mol. The number of amides is 1. The summed E-state index contributed by atoms with van der Waals surface area (Å²) >= 11 is 3.38. The van der Waals surface area contributed by atoms with Crippen molar-refractivity contribution in [3.63, 3.8) is 0 Å². The van der Waals surface area contributed by atoms with Crippen LogP contribution in [0.1, 0.15) is 23.3 Å². The second kappa shape index (κ2) is 5.58. The molecule has 5 nitrogen and oxygen atoms in total. The first-order valence-electron chi connectivity index (χ1n) is 6.38. The van der Waals surface area contributed by atoms with Gasteiger partial charge in [-0.05, 0) is 49.2 Å². The van der Waals surface area contributed by atoms with E-state index in [4.69, 9.17) is 0 Å². The van der Waals surface area contributed by atoms with Gasteiger partial charge in [-0.15, -0.1) is 10.2 Å². The van der Waals surface area contributed by atoms with Gasteiger partial charge in [-0.3, -0.25) is 4.79 Å². The van der Waals surface area contributed by atoms with Gasteiger partial charge in [0, 0.05) is 16.2 Å². The fourth-order valence-corrected chi connectivity index (χ4v) is 1.95. The molecule has 0 aliphatic heterocycles. The highest BCUT2D eigenvalue weighted by Gasteiger charge is 2.24. The summed E-state index contributed by atoms with van der Waals surface area (Å²) in [5.41, 5.74) is 1.26. The molecule has 0 unspecified atom stereocenters. The molecule has 0 atom stereocenters. The summed E-state index contributed by atoms with van der Waals surface area (Å²) in [6, 6.07) is 11.5. The summed E-state index contributed by atoms with van der Waals surface area (Å²) in [7, 11) is 0. The SMILES string of the molecule is O=C(NC1CC1)c1ccc(Nc2ccc(Br)cc2)nn1. The number of benzene rings is 1. The standard InChI is InChI=1S/C14H13BrN4O/c15-9-1-3-10(4-2-9)16-13-8-7-12(18-19-13)14(20)17-11-5-6-11/h1-4,7-8,11H,5-6H2,(H,16,19)(H,17,20). The summed E-state index contributed by atoms with van der Waals surface area (Å²) in [6.07, 6.45) is 2.12. The van der Waals surface area contributed by atoms with Crippen molar-refractivity contribution >= 4 is 33.3 Å². The molecule has 0 saturated heterocycles. The molecule has 3 rings (SSSR count). The summed E-state index contributed by atoms with van der Waals surface area (Å²) in [5, 5.41) is 14.0. The minimum Gasteiger partial charge on any atom is -0.348 e. The van der Waals surface area contributed by atoms with Crippen LogP contribution in [-0.4, -0.2) is 22.1 Å². The number of hydrogen-bond acceptors (Lipinski definition) is 4. The number of carbonyl (C=O) groups excluding carboxylic acids is 1. The van der Waals surface area contributed by atoms with Gasteiger partial charge in [0.15, 0.2) is 11.5 Å². The lowest BCUT2D eigenvalue weighted by molar-refractivity contribution is 0.0945. The number of nitrogens with one attached hydrogen (secondary N) is 2. The Balaban J connectivity index is 1.66. The third kappa shape index (κ3) is 3.33. The van der Waals surface area contributed by atoms with E-state index in [1.165, 1.54) is 0 Å². The number of halogens is 1. The van der Waals surface area contributed by atoms with E-state index in [1.54, 1.807) is 12.1 Å². The van der Waals surface area contributed by atoms with E-state index in [0.29, 0.717) is 17.6 Å². The Kier molecular flexibility index (Phi) is 3.64. The minimum atomic E-state index is -0.157. The van der Waals surface area contributed by atoms with E-state index in [0.717, 1.165) is 23.0 Å². The summed E-state index contributed by atoms with van der Waals surface area (Å²) < 4.78 is 1.02. The Labute approximate surface area is 124 Å². The van der Waals surface area contributed by atoms with E-state index in [2.05, 4.69) is 36.8 Å². The van der Waals surface area contributed by atoms with Crippen LogP contribution in [0, 0.1) is 0 Å². The number of carbonyl (C=O) groups is 1. The molecule has 102 valence electrons. The maximum absolute atomic E-state index is 11.8. The number of hydrogen-bond donors (Lipinski definition) is 2. The smallest absolute Gasteiger partial charge is 0.272 e. The normalized spacial score (nSPS) is 13.8. The Hall–Kier alpha value is -1.95. The van der Waals surface area contributed by atoms with E-state index >= 15 is 0 Å². The van der Waals surface area contributed by atoms with Crippen LogP contribution in [0.3, 0.4) is 0 Å². The molecule has 1 aromatic carbocycles. The second-order valence-corrected chi connectivity index (χ2v) is 5.60. The van der Waals surface area contributed by atoms with Crippen LogP contribution < -0.4 is 10.6 Å². The zero-order valence-electron chi connectivity index (χ0n) is 10.6. The van der Waals surface area contributed by atoms with Gasteiger partial charge in [-0.2, -0.15) is 0 Å². The molecule has 1 aliphatic rings. The van der Waals surface area contributed by atoms with Gasteiger partial charge in [-0.1, -0.05) is 15.9 Å². The molecule has 0 spiro atoms. The number of rotatable bonds is 4. The van der Waals surface area contributed by atoms with Gasteiger partial charge in [-0.25, -0.2) is 0 Å². The highest BCUT2D eigenvalue weighted by Crippen LogP contribution is 2.20. The molecule has 1 heterocycles. The van der Waals surface area contributed by atoms with Crippen LogP contribution in [0.5, 0.6) is 0 Å². The molecule has 20 heavy (non-hydrogen) atoms. The van der Waals surface area contributed by atoms with Gasteiger partial charge in [0.2, 0.25) is 0 Å². The molecule has 1 saturated carbocycles. The summed E-state index contributed by atoms with van der Waals surface area (Å²) in [5.74, 6) is 0.450. The summed E-state index contributed by atoms with van der Waals surface area (Å²) in [6.45, 7) is 0. The first-order valence-corrected chi connectivity index (χ1v) is 7.17. The fourth-order valence-electron chi connectivity index (χ4n) is 1.69. The molecule has 1 aliphatic carbocycles. The third-order valence-corrected chi connectivity index (χ3v) is 3.46. The zero-order valence-corrected chi connectivity index (χ0v) is 12.2. The molecule has 6 heteroatoms. The average molecular weight is 333 g/mol. The van der Waals surface area contributed by atoms with E-state index in [9.17, 15) is 4.79 Å². The first-order chi connectivity index (χ1) is 9.70. The van der Waals surface area contributed by atoms with Crippen molar-refractivity contribution in [2.45, 2.75) is 18.9 Å². The topological polar surface area (TPSA) is 66.9 Å². The van der Waals surface area contributed by atoms with E-state index < -0.39 is 0 Å². The third-order valence-electron chi connectivity index (χ3n) is 2.93. The lowest BCUT2D eigenvalue weighted by atomic mass is 10.3. The van der Waals surface area contributed by atoms with Crippen molar-refractivity contribution in [2.75, 3.05) is 5.32 Å². The maximum Gasteiger partial charge on any atom is 0.272 e. The lowest BCUT2D eigenvalue weighted by Crippen LogP contribution is -2.26. The Bertz CT molecular complexity index is 608. The molecule has 0 bridgehead atoms. The van der Waals surface area contributed by atoms with Gasteiger partial charge in [0.1, 0.15) is 0 Å². The fraction of sp³-hybridized carbons (Fsp3) is 0.214. The highest BCUT2D eigenvalue weighted by atomic mass is 79.9. The molecule has 2 aromatic rings. The number of aromatic nitrogens is 2. The van der Waals surface area contributed by atoms with Crippen molar-refractivity contribution in [3.05, 3.63) is 46.6 Å². The van der Waals surface area contributed by atoms with Crippen LogP contribution in [0.25, 0.3) is 0 Å². The van der Waals surface area contributed by atoms with Crippen molar-refractivity contribution in [1.29, 1.82) is 0 Å². The molecule has 1 fully saturated rings. The molecule has 2 N–H and O–H groups in total. The quantitative estimate of drug-likeness (QED) is 0.903. The lowest BCUT2D eigenvalue weighted by Gasteiger charge is -2.06. The van der Waals surface area contributed by atoms with Crippen LogP contribution in [0.4, 0.5) is 11.5 Å². The van der Waals surface area contributed by atoms with Gasteiger partial charge < -0.3 is 10.6 Å². The van der Waals surface area contributed by atoms with E-state index in [1.807, 2.05) is 24.3 Å². The van der Waals surface area contributed by atoms with Crippen molar-refractivity contribution in [3.8, 4) is 0 Å². The second-order valence-electron chi connectivity index (χ2n) is 4.68. The van der Waals surface area contributed by atoms with Gasteiger partial charge in [0.25, 0.3) is 5.91 Å². The maximum atomic E-state index is 11.8. The van der Waals surface area contributed by atoms with Crippen molar-refractivity contribution in [2.24, 2.45) is 0 Å². The Morgan fingerprint density at radius 1 is 1.10 bits per heavy atom. The van der Waals surface area contributed by atoms with Crippen LogP contribution in [0.15, 0.2) is 40.9 Å². The molecule has 1 amide bonds. The van der Waals surface area contributed by atoms with Gasteiger partial charge in [0.05, 0.1) is 0 Å². The van der Waals surface area contributed by atoms with Gasteiger partial charge >= 0.3 is 0 Å². The van der Waals surface area contributed by atoms with Crippen molar-refractivity contribution in [1.82, 2.24) is 15.5 Å². The van der Waals surface area contributed by atoms with E-state index in [-0.39, 0.29) is 5.91 Å². The first kappa shape index (κ1) is 13.1. The minimum absolute atomic E-state index is 0.157. The van der Waals surface area contributed by atoms with Crippen LogP contribution in [0.2, 0.25) is 0 Å². The monoisotopic (exact) mass is 332 g/mol. The number of anilines is 2. The largest absolute Gasteiger partial charge is 0.348 e. The summed E-state index contributed by atoms with van der Waals surface area (Å²) in [4.78, 5) is 11.8. The average Bonchev–Trinajstić information content (AvgIpc) is 3.26.